The van der Waals surface area contributed by atoms with Crippen LogP contribution in [0.3, 0.4) is 0 Å². The second-order valence-corrected chi connectivity index (χ2v) is 8.63. The molecule has 3 aromatic rings. The maximum absolute atomic E-state index is 12.7. The average molecular weight is 445 g/mol. The fourth-order valence-corrected chi connectivity index (χ4v) is 4.48. The van der Waals surface area contributed by atoms with Crippen molar-refractivity contribution in [2.45, 2.75) is 39.0 Å². The molecular weight excluding hydrogens is 424 g/mol. The monoisotopic (exact) mass is 444 g/mol. The molecule has 27 heavy (non-hydrogen) atoms. The lowest BCUT2D eigenvalue weighted by Crippen LogP contribution is -2.27. The molecule has 1 amide bonds. The predicted octanol–water partition coefficient (Wildman–Crippen LogP) is 4.83. The molecular formula is C20H21BrN4OS. The van der Waals surface area contributed by atoms with Gasteiger partial charge in [-0.25, -0.2) is 9.50 Å². The molecule has 0 atom stereocenters. The van der Waals surface area contributed by atoms with Gasteiger partial charge in [0.05, 0.1) is 0 Å². The van der Waals surface area contributed by atoms with Crippen LogP contribution in [0.4, 0.5) is 0 Å². The quantitative estimate of drug-likeness (QED) is 0.592. The molecule has 3 aromatic heterocycles. The number of fused-ring (bicyclic) bond motifs is 1. The summed E-state index contributed by atoms with van der Waals surface area (Å²) in [6.07, 6.45) is 5.22. The number of halogens is 1. The van der Waals surface area contributed by atoms with Gasteiger partial charge < -0.3 is 5.32 Å². The zero-order valence-electron chi connectivity index (χ0n) is 15.3. The van der Waals surface area contributed by atoms with Crippen LogP contribution in [-0.4, -0.2) is 27.0 Å². The highest BCUT2D eigenvalue weighted by molar-refractivity contribution is 9.10. The summed E-state index contributed by atoms with van der Waals surface area (Å²) in [4.78, 5) is 18.5. The second kappa shape index (κ2) is 7.56. The molecule has 7 heteroatoms. The molecule has 1 saturated carbocycles. The van der Waals surface area contributed by atoms with Crippen LogP contribution in [0.25, 0.3) is 11.2 Å². The van der Waals surface area contributed by atoms with Gasteiger partial charge in [-0.2, -0.15) is 5.10 Å². The SMILES string of the molecule is C/C=C(/C)c1ccsc1CCNC(=O)c1cc(C2CC2)n2nc(Br)cc2n1. The zero-order chi connectivity index (χ0) is 19.0. The Balaban J connectivity index is 1.48. The number of nitrogens with one attached hydrogen (secondary N) is 1. The largest absolute Gasteiger partial charge is 0.350 e. The lowest BCUT2D eigenvalue weighted by Gasteiger charge is -2.09. The number of amides is 1. The van der Waals surface area contributed by atoms with Crippen molar-refractivity contribution >= 4 is 44.4 Å². The Morgan fingerprint density at radius 1 is 1.44 bits per heavy atom. The highest BCUT2D eigenvalue weighted by atomic mass is 79.9. The lowest BCUT2D eigenvalue weighted by atomic mass is 10.1. The summed E-state index contributed by atoms with van der Waals surface area (Å²) in [6, 6.07) is 5.88. The minimum absolute atomic E-state index is 0.127. The summed E-state index contributed by atoms with van der Waals surface area (Å²) in [7, 11) is 0. The van der Waals surface area contributed by atoms with E-state index in [-0.39, 0.29) is 5.91 Å². The molecule has 1 aliphatic carbocycles. The minimum atomic E-state index is -0.127. The van der Waals surface area contributed by atoms with Crippen LogP contribution in [0.5, 0.6) is 0 Å². The topological polar surface area (TPSA) is 59.3 Å². The second-order valence-electron chi connectivity index (χ2n) is 6.81. The Kier molecular flexibility index (Phi) is 5.14. The van der Waals surface area contributed by atoms with E-state index in [0.29, 0.717) is 23.8 Å². The normalized spacial score (nSPS) is 14.7. The number of allylic oxidation sites excluding steroid dienone is 2. The molecule has 3 heterocycles. The molecule has 0 aliphatic heterocycles. The number of hydrogen-bond donors (Lipinski definition) is 1. The van der Waals surface area contributed by atoms with Crippen LogP contribution in [-0.2, 0) is 6.42 Å². The first-order valence-corrected chi connectivity index (χ1v) is 10.8. The van der Waals surface area contributed by atoms with E-state index in [9.17, 15) is 4.79 Å². The fraction of sp³-hybridized carbons (Fsp3) is 0.350. The molecule has 0 radical (unpaired) electrons. The summed E-state index contributed by atoms with van der Waals surface area (Å²) in [5, 5.41) is 9.57. The highest BCUT2D eigenvalue weighted by Crippen LogP contribution is 2.40. The van der Waals surface area contributed by atoms with Gasteiger partial charge in [-0.3, -0.25) is 4.79 Å². The Hall–Kier alpha value is -1.99. The lowest BCUT2D eigenvalue weighted by molar-refractivity contribution is 0.0949. The summed E-state index contributed by atoms with van der Waals surface area (Å²) >= 11 is 5.14. The van der Waals surface area contributed by atoms with Crippen molar-refractivity contribution in [3.63, 3.8) is 0 Å². The van der Waals surface area contributed by atoms with E-state index in [2.05, 4.69) is 55.8 Å². The summed E-state index contributed by atoms with van der Waals surface area (Å²) in [5.74, 6) is 0.351. The molecule has 0 spiro atoms. The Labute approximate surface area is 170 Å². The van der Waals surface area contributed by atoms with E-state index in [1.165, 1.54) is 16.0 Å². The van der Waals surface area contributed by atoms with Gasteiger partial charge in [-0.1, -0.05) is 6.08 Å². The average Bonchev–Trinajstić information content (AvgIpc) is 3.27. The molecule has 0 unspecified atom stereocenters. The maximum Gasteiger partial charge on any atom is 0.270 e. The third-order valence-electron chi connectivity index (χ3n) is 4.89. The molecule has 4 rings (SSSR count). The summed E-state index contributed by atoms with van der Waals surface area (Å²) in [6.45, 7) is 4.76. The first-order valence-electron chi connectivity index (χ1n) is 9.11. The smallest absolute Gasteiger partial charge is 0.270 e. The van der Waals surface area contributed by atoms with Crippen molar-refractivity contribution in [3.8, 4) is 0 Å². The zero-order valence-corrected chi connectivity index (χ0v) is 17.7. The van der Waals surface area contributed by atoms with Gasteiger partial charge >= 0.3 is 0 Å². The van der Waals surface area contributed by atoms with Gasteiger partial charge in [0, 0.05) is 29.1 Å². The number of nitrogens with zero attached hydrogens (tertiary/aromatic N) is 3. The van der Waals surface area contributed by atoms with Crippen molar-refractivity contribution in [2.24, 2.45) is 0 Å². The van der Waals surface area contributed by atoms with Gasteiger partial charge in [0.15, 0.2) is 5.65 Å². The van der Waals surface area contributed by atoms with Crippen molar-refractivity contribution in [3.05, 3.63) is 56.1 Å². The van der Waals surface area contributed by atoms with Crippen molar-refractivity contribution in [1.82, 2.24) is 19.9 Å². The van der Waals surface area contributed by atoms with E-state index in [1.807, 2.05) is 23.6 Å². The fourth-order valence-electron chi connectivity index (χ4n) is 3.18. The number of aromatic nitrogens is 3. The molecule has 1 fully saturated rings. The van der Waals surface area contributed by atoms with Gasteiger partial charge in [0.2, 0.25) is 0 Å². The molecule has 5 nitrogen and oxygen atoms in total. The molecule has 0 aromatic carbocycles. The van der Waals surface area contributed by atoms with Crippen LogP contribution >= 0.6 is 27.3 Å². The van der Waals surface area contributed by atoms with Gasteiger partial charge in [-0.05, 0) is 77.7 Å². The number of rotatable bonds is 6. The minimum Gasteiger partial charge on any atom is -0.350 e. The Bertz CT molecular complexity index is 1030. The Morgan fingerprint density at radius 2 is 2.26 bits per heavy atom. The van der Waals surface area contributed by atoms with Crippen LogP contribution in [0.2, 0.25) is 0 Å². The van der Waals surface area contributed by atoms with E-state index < -0.39 is 0 Å². The number of carbonyl (C=O) groups is 1. The van der Waals surface area contributed by atoms with Gasteiger partial charge in [0.1, 0.15) is 10.3 Å². The van der Waals surface area contributed by atoms with E-state index in [0.717, 1.165) is 29.6 Å². The van der Waals surface area contributed by atoms with Crippen molar-refractivity contribution in [2.75, 3.05) is 6.54 Å². The van der Waals surface area contributed by atoms with Crippen LogP contribution in [0.15, 0.2) is 34.3 Å². The first-order chi connectivity index (χ1) is 13.1. The molecule has 0 bridgehead atoms. The molecule has 1 aliphatic rings. The summed E-state index contributed by atoms with van der Waals surface area (Å²) in [5.41, 5.74) is 4.79. The van der Waals surface area contributed by atoms with Crippen molar-refractivity contribution < 1.29 is 4.79 Å². The van der Waals surface area contributed by atoms with Crippen LogP contribution in [0.1, 0.15) is 59.2 Å². The van der Waals surface area contributed by atoms with Crippen LogP contribution < -0.4 is 5.32 Å². The van der Waals surface area contributed by atoms with Crippen LogP contribution in [0, 0.1) is 0 Å². The van der Waals surface area contributed by atoms with Gasteiger partial charge in [0.25, 0.3) is 5.91 Å². The van der Waals surface area contributed by atoms with E-state index in [1.54, 1.807) is 11.3 Å². The third kappa shape index (κ3) is 3.84. The predicted molar refractivity (Wildman–Crippen MR) is 112 cm³/mol. The Morgan fingerprint density at radius 3 is 3.00 bits per heavy atom. The first kappa shape index (κ1) is 18.4. The molecule has 1 N–H and O–H groups in total. The number of carbonyl (C=O) groups excluding carboxylic acids is 1. The van der Waals surface area contributed by atoms with Crippen molar-refractivity contribution in [1.29, 1.82) is 0 Å². The standard InChI is InChI=1S/C20H21BrN4OS/c1-3-12(2)14-7-9-27-17(14)6-8-22-20(26)15-10-16(13-4-5-13)25-19(23-15)11-18(21)24-25/h3,7,9-11,13H,4-6,8H2,1-2H3,(H,22,26)/b12-3-. The van der Waals surface area contributed by atoms with E-state index >= 15 is 0 Å². The number of hydrogen-bond acceptors (Lipinski definition) is 4. The van der Waals surface area contributed by atoms with Gasteiger partial charge in [-0.15, -0.1) is 11.3 Å². The molecule has 0 saturated heterocycles. The third-order valence-corrected chi connectivity index (χ3v) is 6.26. The highest BCUT2D eigenvalue weighted by Gasteiger charge is 2.28. The number of thiophene rings is 1. The van der Waals surface area contributed by atoms with E-state index in [4.69, 9.17) is 0 Å². The summed E-state index contributed by atoms with van der Waals surface area (Å²) < 4.78 is 2.58. The maximum atomic E-state index is 12.7. The molecule has 140 valence electrons.